The van der Waals surface area contributed by atoms with E-state index in [0.717, 1.165) is 29.0 Å². The number of nitrogens with one attached hydrogen (secondary N) is 1. The van der Waals surface area contributed by atoms with Gasteiger partial charge in [0.15, 0.2) is 0 Å². The highest BCUT2D eigenvalue weighted by molar-refractivity contribution is 5.95. The molecular weight excluding hydrogens is 240 g/mol. The van der Waals surface area contributed by atoms with Gasteiger partial charge in [-0.1, -0.05) is 6.92 Å². The zero-order chi connectivity index (χ0) is 13.8. The second-order valence-corrected chi connectivity index (χ2v) is 5.85. The minimum Gasteiger partial charge on any atom is -0.485 e. The van der Waals surface area contributed by atoms with Crippen LogP contribution in [0.3, 0.4) is 0 Å². The zero-order valence-electron chi connectivity index (χ0n) is 11.7. The molecule has 3 rings (SSSR count). The fourth-order valence-corrected chi connectivity index (χ4v) is 3.06. The van der Waals surface area contributed by atoms with E-state index >= 15 is 0 Å². The molecule has 0 fully saturated rings. The molecule has 1 aromatic carbocycles. The summed E-state index contributed by atoms with van der Waals surface area (Å²) in [6.07, 6.45) is 1.28. The van der Waals surface area contributed by atoms with Gasteiger partial charge in [0.05, 0.1) is 5.69 Å². The Labute approximate surface area is 113 Å². The summed E-state index contributed by atoms with van der Waals surface area (Å²) in [4.78, 5) is 11.6. The summed E-state index contributed by atoms with van der Waals surface area (Å²) in [6.45, 7) is 6.74. The van der Waals surface area contributed by atoms with Crippen LogP contribution in [0, 0.1) is 6.92 Å². The fraction of sp³-hybridized carbons (Fsp3) is 0.533. The Morgan fingerprint density at radius 1 is 1.53 bits per heavy atom. The average molecular weight is 260 g/mol. The Morgan fingerprint density at radius 2 is 2.26 bits per heavy atom. The van der Waals surface area contributed by atoms with Gasteiger partial charge in [0.1, 0.15) is 11.4 Å². The number of nitrogens with two attached hydrogens (primary N) is 1. The maximum Gasteiger partial charge on any atom is 0.224 e. The summed E-state index contributed by atoms with van der Waals surface area (Å²) in [5.74, 6) is 1.30. The van der Waals surface area contributed by atoms with Crippen molar-refractivity contribution in [2.45, 2.75) is 45.1 Å². The van der Waals surface area contributed by atoms with Crippen LogP contribution in [0.1, 0.15) is 42.9 Å². The molecule has 2 aliphatic heterocycles. The summed E-state index contributed by atoms with van der Waals surface area (Å²) in [6, 6.07) is 2.13. The molecule has 0 saturated carbocycles. The molecule has 0 aliphatic carbocycles. The van der Waals surface area contributed by atoms with Gasteiger partial charge in [-0.3, -0.25) is 4.79 Å². The highest BCUT2D eigenvalue weighted by Gasteiger charge is 2.43. The Hall–Kier alpha value is -1.55. The molecule has 1 amide bonds. The van der Waals surface area contributed by atoms with Crippen LogP contribution in [0.5, 0.6) is 5.75 Å². The molecule has 3 N–H and O–H groups in total. The van der Waals surface area contributed by atoms with Crippen molar-refractivity contribution in [2.75, 3.05) is 11.9 Å². The minimum atomic E-state index is -0.342. The largest absolute Gasteiger partial charge is 0.485 e. The molecule has 0 radical (unpaired) electrons. The normalized spacial score (nSPS) is 28.4. The Morgan fingerprint density at radius 3 is 2.95 bits per heavy atom. The third-order valence-corrected chi connectivity index (χ3v) is 4.59. The maximum absolute atomic E-state index is 11.6. The molecular formula is C15H20N2O2. The lowest BCUT2D eigenvalue weighted by Gasteiger charge is -2.27. The van der Waals surface area contributed by atoms with E-state index in [0.29, 0.717) is 13.0 Å². The van der Waals surface area contributed by atoms with Crippen LogP contribution in [0.4, 0.5) is 5.69 Å². The van der Waals surface area contributed by atoms with Crippen LogP contribution < -0.4 is 15.8 Å². The first-order valence-electron chi connectivity index (χ1n) is 6.81. The molecule has 2 atom stereocenters. The van der Waals surface area contributed by atoms with E-state index in [2.05, 4.69) is 25.2 Å². The lowest BCUT2D eigenvalue weighted by Crippen LogP contribution is -2.41. The molecule has 102 valence electrons. The summed E-state index contributed by atoms with van der Waals surface area (Å²) >= 11 is 0. The van der Waals surface area contributed by atoms with Crippen molar-refractivity contribution in [3.05, 3.63) is 22.8 Å². The first-order valence-corrected chi connectivity index (χ1v) is 6.81. The molecule has 0 aromatic heterocycles. The Kier molecular flexibility index (Phi) is 2.61. The average Bonchev–Trinajstić information content (AvgIpc) is 2.64. The van der Waals surface area contributed by atoms with Gasteiger partial charge < -0.3 is 15.8 Å². The monoisotopic (exact) mass is 260 g/mol. The van der Waals surface area contributed by atoms with Gasteiger partial charge in [0.2, 0.25) is 5.91 Å². The van der Waals surface area contributed by atoms with Crippen LogP contribution in [0.2, 0.25) is 0 Å². The van der Waals surface area contributed by atoms with E-state index in [-0.39, 0.29) is 17.4 Å². The molecule has 2 aliphatic rings. The standard InChI is InChI=1S/C15H20N2O2/c1-8-6-11-9(2)15(3,7-16)19-14(11)10-4-5-12(18)17-13(8)10/h6,9H,4-5,7,16H2,1-3H3,(H,17,18)/t9-,15+/m1/s1. The summed E-state index contributed by atoms with van der Waals surface area (Å²) in [7, 11) is 0. The second-order valence-electron chi connectivity index (χ2n) is 5.85. The molecule has 1 aromatic rings. The van der Waals surface area contributed by atoms with Crippen LogP contribution >= 0.6 is 0 Å². The van der Waals surface area contributed by atoms with E-state index in [1.165, 1.54) is 5.56 Å². The number of carbonyl (C=O) groups is 1. The molecule has 0 spiro atoms. The third-order valence-electron chi connectivity index (χ3n) is 4.59. The van der Waals surface area contributed by atoms with Crippen LogP contribution in [0.25, 0.3) is 0 Å². The topological polar surface area (TPSA) is 64.3 Å². The van der Waals surface area contributed by atoms with Crippen LogP contribution in [-0.2, 0) is 11.2 Å². The molecule has 19 heavy (non-hydrogen) atoms. The van der Waals surface area contributed by atoms with Gasteiger partial charge in [0.25, 0.3) is 0 Å². The fourth-order valence-electron chi connectivity index (χ4n) is 3.06. The Balaban J connectivity index is 2.16. The number of ether oxygens (including phenoxy) is 1. The maximum atomic E-state index is 11.6. The number of fused-ring (bicyclic) bond motifs is 3. The van der Waals surface area contributed by atoms with Gasteiger partial charge in [-0.15, -0.1) is 0 Å². The minimum absolute atomic E-state index is 0.0863. The van der Waals surface area contributed by atoms with Crippen LogP contribution in [-0.4, -0.2) is 18.1 Å². The van der Waals surface area contributed by atoms with Gasteiger partial charge in [-0.25, -0.2) is 0 Å². The van der Waals surface area contributed by atoms with Crippen molar-refractivity contribution in [1.29, 1.82) is 0 Å². The highest BCUT2D eigenvalue weighted by Crippen LogP contribution is 2.49. The predicted molar refractivity (Wildman–Crippen MR) is 74.6 cm³/mol. The first-order chi connectivity index (χ1) is 8.96. The third kappa shape index (κ3) is 1.66. The van der Waals surface area contributed by atoms with E-state index in [4.69, 9.17) is 10.5 Å². The summed E-state index contributed by atoms with van der Waals surface area (Å²) < 4.78 is 6.17. The van der Waals surface area contributed by atoms with Crippen molar-refractivity contribution in [3.63, 3.8) is 0 Å². The number of carbonyl (C=O) groups excluding carboxylic acids is 1. The van der Waals surface area contributed by atoms with E-state index < -0.39 is 0 Å². The van der Waals surface area contributed by atoms with Crippen molar-refractivity contribution in [2.24, 2.45) is 5.73 Å². The zero-order valence-corrected chi connectivity index (χ0v) is 11.7. The number of anilines is 1. The summed E-state index contributed by atoms with van der Waals surface area (Å²) in [5, 5.41) is 2.97. The van der Waals surface area contributed by atoms with Gasteiger partial charge >= 0.3 is 0 Å². The van der Waals surface area contributed by atoms with E-state index in [1.54, 1.807) is 0 Å². The molecule has 0 unspecified atom stereocenters. The van der Waals surface area contributed by atoms with Gasteiger partial charge in [-0.05, 0) is 31.9 Å². The van der Waals surface area contributed by atoms with Crippen molar-refractivity contribution in [3.8, 4) is 5.75 Å². The quantitative estimate of drug-likeness (QED) is 0.812. The van der Waals surface area contributed by atoms with E-state index in [1.807, 2.05) is 6.92 Å². The number of hydrogen-bond acceptors (Lipinski definition) is 3. The van der Waals surface area contributed by atoms with E-state index in [9.17, 15) is 4.79 Å². The molecule has 4 nitrogen and oxygen atoms in total. The van der Waals surface area contributed by atoms with Gasteiger partial charge in [0, 0.05) is 30.0 Å². The number of aryl methyl sites for hydroxylation is 1. The smallest absolute Gasteiger partial charge is 0.224 e. The molecule has 2 heterocycles. The van der Waals surface area contributed by atoms with Crippen LogP contribution in [0.15, 0.2) is 6.07 Å². The number of rotatable bonds is 1. The second kappa shape index (κ2) is 3.97. The first kappa shape index (κ1) is 12.5. The Bertz CT molecular complexity index is 568. The predicted octanol–water partition coefficient (Wildman–Crippen LogP) is 2.09. The lowest BCUT2D eigenvalue weighted by atomic mass is 9.85. The number of benzene rings is 1. The number of amides is 1. The number of hydrogen-bond donors (Lipinski definition) is 2. The van der Waals surface area contributed by atoms with Crippen molar-refractivity contribution in [1.82, 2.24) is 0 Å². The molecule has 0 bridgehead atoms. The van der Waals surface area contributed by atoms with Crippen molar-refractivity contribution >= 4 is 11.6 Å². The van der Waals surface area contributed by atoms with Gasteiger partial charge in [-0.2, -0.15) is 0 Å². The SMILES string of the molecule is Cc1cc2c(c3c1NC(=O)CC3)O[C@@](C)(CN)[C@@H]2C. The highest BCUT2D eigenvalue weighted by atomic mass is 16.5. The van der Waals surface area contributed by atoms with Crippen molar-refractivity contribution < 1.29 is 9.53 Å². The molecule has 0 saturated heterocycles. The lowest BCUT2D eigenvalue weighted by molar-refractivity contribution is -0.116. The summed E-state index contributed by atoms with van der Waals surface area (Å²) in [5.41, 5.74) is 9.94. The molecule has 4 heteroatoms.